The van der Waals surface area contributed by atoms with E-state index >= 15 is 0 Å². The van der Waals surface area contributed by atoms with Crippen molar-refractivity contribution in [1.82, 2.24) is 0 Å². The van der Waals surface area contributed by atoms with E-state index in [4.69, 9.17) is 10.5 Å². The SMILES string of the molecule is CCOC(=O)c1c(OC(F)F)ccc(Br)c1N. The third kappa shape index (κ3) is 3.29. The van der Waals surface area contributed by atoms with E-state index in [2.05, 4.69) is 20.7 Å². The second kappa shape index (κ2) is 5.81. The van der Waals surface area contributed by atoms with Gasteiger partial charge < -0.3 is 15.2 Å². The Morgan fingerprint density at radius 1 is 1.53 bits per heavy atom. The Hall–Kier alpha value is -1.37. The first-order valence-electron chi connectivity index (χ1n) is 4.67. The molecule has 0 atom stereocenters. The maximum Gasteiger partial charge on any atom is 0.387 e. The topological polar surface area (TPSA) is 61.5 Å². The van der Waals surface area contributed by atoms with Gasteiger partial charge in [-0.1, -0.05) is 0 Å². The minimum atomic E-state index is -3.04. The molecule has 0 aliphatic heterocycles. The summed E-state index contributed by atoms with van der Waals surface area (Å²) in [6.07, 6.45) is 0. The molecule has 94 valence electrons. The monoisotopic (exact) mass is 309 g/mol. The van der Waals surface area contributed by atoms with E-state index in [0.29, 0.717) is 4.47 Å². The van der Waals surface area contributed by atoms with E-state index < -0.39 is 12.6 Å². The predicted octanol–water partition coefficient (Wildman–Crippen LogP) is 2.81. The minimum Gasteiger partial charge on any atom is -0.462 e. The summed E-state index contributed by atoms with van der Waals surface area (Å²) >= 11 is 3.09. The molecule has 1 aromatic rings. The molecule has 1 aromatic carbocycles. The molecule has 0 aliphatic rings. The molecule has 4 nitrogen and oxygen atoms in total. The Kier molecular flexibility index (Phi) is 4.68. The van der Waals surface area contributed by atoms with Gasteiger partial charge in [-0.3, -0.25) is 0 Å². The molecule has 0 aliphatic carbocycles. The van der Waals surface area contributed by atoms with Gasteiger partial charge in [0.25, 0.3) is 0 Å². The molecule has 0 radical (unpaired) electrons. The number of benzene rings is 1. The van der Waals surface area contributed by atoms with Crippen LogP contribution in [0.15, 0.2) is 16.6 Å². The highest BCUT2D eigenvalue weighted by atomic mass is 79.9. The summed E-state index contributed by atoms with van der Waals surface area (Å²) < 4.78 is 33.7. The van der Waals surface area contributed by atoms with E-state index in [1.807, 2.05) is 0 Å². The standard InChI is InChI=1S/C10H10BrF2NO3/c1-2-16-9(15)7-6(17-10(12)13)4-3-5(11)8(7)14/h3-4,10H,2,14H2,1H3. The third-order valence-electron chi connectivity index (χ3n) is 1.85. The number of hydrogen-bond acceptors (Lipinski definition) is 4. The maximum atomic E-state index is 12.2. The van der Waals surface area contributed by atoms with Crippen molar-refractivity contribution in [2.45, 2.75) is 13.5 Å². The lowest BCUT2D eigenvalue weighted by Gasteiger charge is -2.13. The number of carbonyl (C=O) groups is 1. The first-order chi connectivity index (χ1) is 7.97. The van der Waals surface area contributed by atoms with Crippen molar-refractivity contribution in [1.29, 1.82) is 0 Å². The van der Waals surface area contributed by atoms with Crippen LogP contribution in [0.5, 0.6) is 5.75 Å². The van der Waals surface area contributed by atoms with Crippen LogP contribution < -0.4 is 10.5 Å². The molecule has 0 aromatic heterocycles. The van der Waals surface area contributed by atoms with E-state index in [0.717, 1.165) is 0 Å². The van der Waals surface area contributed by atoms with Crippen molar-refractivity contribution in [2.24, 2.45) is 0 Å². The van der Waals surface area contributed by atoms with Crippen LogP contribution in [0.25, 0.3) is 0 Å². The summed E-state index contributed by atoms with van der Waals surface area (Å²) in [7, 11) is 0. The Bertz CT molecular complexity index is 426. The molecule has 0 saturated heterocycles. The van der Waals surface area contributed by atoms with Crippen LogP contribution in [0.3, 0.4) is 0 Å². The molecule has 0 spiro atoms. The van der Waals surface area contributed by atoms with Crippen molar-refractivity contribution in [3.63, 3.8) is 0 Å². The van der Waals surface area contributed by atoms with Gasteiger partial charge in [0.05, 0.1) is 12.3 Å². The molecule has 0 fully saturated rings. The number of ether oxygens (including phenoxy) is 2. The Morgan fingerprint density at radius 2 is 2.18 bits per heavy atom. The molecular weight excluding hydrogens is 300 g/mol. The summed E-state index contributed by atoms with van der Waals surface area (Å²) in [6.45, 7) is -1.33. The maximum absolute atomic E-state index is 12.2. The number of nitrogen functional groups attached to an aromatic ring is 1. The van der Waals surface area contributed by atoms with Crippen molar-refractivity contribution in [3.8, 4) is 5.75 Å². The van der Waals surface area contributed by atoms with E-state index in [1.54, 1.807) is 6.92 Å². The first kappa shape index (κ1) is 13.7. The highest BCUT2D eigenvalue weighted by Crippen LogP contribution is 2.32. The van der Waals surface area contributed by atoms with Gasteiger partial charge in [-0.25, -0.2) is 4.79 Å². The average Bonchev–Trinajstić information content (AvgIpc) is 2.23. The van der Waals surface area contributed by atoms with Crippen LogP contribution in [-0.2, 0) is 4.74 Å². The Balaban J connectivity index is 3.21. The molecular formula is C10H10BrF2NO3. The molecule has 0 amide bonds. The number of carbonyl (C=O) groups excluding carboxylic acids is 1. The summed E-state index contributed by atoms with van der Waals surface area (Å²) in [5, 5.41) is 0. The predicted molar refractivity (Wildman–Crippen MR) is 61.1 cm³/mol. The van der Waals surface area contributed by atoms with Crippen LogP contribution in [0.2, 0.25) is 0 Å². The lowest BCUT2D eigenvalue weighted by atomic mass is 10.1. The summed E-state index contributed by atoms with van der Waals surface area (Å²) in [5.41, 5.74) is 5.41. The lowest BCUT2D eigenvalue weighted by molar-refractivity contribution is -0.0504. The first-order valence-corrected chi connectivity index (χ1v) is 5.46. The molecule has 17 heavy (non-hydrogen) atoms. The summed E-state index contributed by atoms with van der Waals surface area (Å²) in [5.74, 6) is -1.11. The lowest BCUT2D eigenvalue weighted by Crippen LogP contribution is -2.13. The van der Waals surface area contributed by atoms with Crippen LogP contribution in [-0.4, -0.2) is 19.2 Å². The molecule has 1 rings (SSSR count). The second-order valence-electron chi connectivity index (χ2n) is 2.93. The minimum absolute atomic E-state index is 0.00148. The van der Waals surface area contributed by atoms with Crippen molar-refractivity contribution >= 4 is 27.6 Å². The second-order valence-corrected chi connectivity index (χ2v) is 3.79. The molecule has 0 saturated carbocycles. The largest absolute Gasteiger partial charge is 0.462 e. The smallest absolute Gasteiger partial charge is 0.387 e. The van der Waals surface area contributed by atoms with Gasteiger partial charge in [0.2, 0.25) is 0 Å². The highest BCUT2D eigenvalue weighted by molar-refractivity contribution is 9.10. The normalized spacial score (nSPS) is 10.4. The van der Waals surface area contributed by atoms with Gasteiger partial charge in [0, 0.05) is 4.47 Å². The van der Waals surface area contributed by atoms with Gasteiger partial charge >= 0.3 is 12.6 Å². The molecule has 2 N–H and O–H groups in total. The van der Waals surface area contributed by atoms with Gasteiger partial charge in [-0.15, -0.1) is 0 Å². The molecule has 0 bridgehead atoms. The molecule has 7 heteroatoms. The van der Waals surface area contributed by atoms with Gasteiger partial charge in [-0.05, 0) is 35.0 Å². The number of halogens is 3. The zero-order valence-corrected chi connectivity index (χ0v) is 10.5. The number of rotatable bonds is 4. The van der Waals surface area contributed by atoms with Crippen molar-refractivity contribution < 1.29 is 23.0 Å². The van der Waals surface area contributed by atoms with E-state index in [9.17, 15) is 13.6 Å². The van der Waals surface area contributed by atoms with Crippen molar-refractivity contribution in [3.05, 3.63) is 22.2 Å². The van der Waals surface area contributed by atoms with Crippen LogP contribution >= 0.6 is 15.9 Å². The number of nitrogens with two attached hydrogens (primary N) is 1. The zero-order chi connectivity index (χ0) is 13.0. The Labute approximate surface area is 105 Å². The Morgan fingerprint density at radius 3 is 2.71 bits per heavy atom. The van der Waals surface area contributed by atoms with Crippen LogP contribution in [0, 0.1) is 0 Å². The fourth-order valence-electron chi connectivity index (χ4n) is 1.18. The van der Waals surface area contributed by atoms with Gasteiger partial charge in [-0.2, -0.15) is 8.78 Å². The zero-order valence-electron chi connectivity index (χ0n) is 8.88. The fourth-order valence-corrected chi connectivity index (χ4v) is 1.51. The van der Waals surface area contributed by atoms with Gasteiger partial charge in [0.1, 0.15) is 11.3 Å². The number of esters is 1. The quantitative estimate of drug-likeness (QED) is 0.686. The summed E-state index contributed by atoms with van der Waals surface area (Å²) in [4.78, 5) is 11.6. The third-order valence-corrected chi connectivity index (χ3v) is 2.54. The van der Waals surface area contributed by atoms with E-state index in [1.165, 1.54) is 12.1 Å². The molecule has 0 unspecified atom stereocenters. The van der Waals surface area contributed by atoms with Crippen LogP contribution in [0.4, 0.5) is 14.5 Å². The van der Waals surface area contributed by atoms with Crippen LogP contribution in [0.1, 0.15) is 17.3 Å². The van der Waals surface area contributed by atoms with Gasteiger partial charge in [0.15, 0.2) is 0 Å². The number of hydrogen-bond donors (Lipinski definition) is 1. The fraction of sp³-hybridized carbons (Fsp3) is 0.300. The number of anilines is 1. The highest BCUT2D eigenvalue weighted by Gasteiger charge is 2.21. The molecule has 0 heterocycles. The summed E-state index contributed by atoms with van der Waals surface area (Å²) in [6, 6.07) is 2.63. The number of alkyl halides is 2. The average molecular weight is 310 g/mol. The van der Waals surface area contributed by atoms with Crippen molar-refractivity contribution in [2.75, 3.05) is 12.3 Å². The van der Waals surface area contributed by atoms with E-state index in [-0.39, 0.29) is 23.6 Å².